The van der Waals surface area contributed by atoms with Crippen LogP contribution in [-0.4, -0.2) is 0 Å². The summed E-state index contributed by atoms with van der Waals surface area (Å²) in [5, 5.41) is 13.1. The Kier molecular flexibility index (Phi) is 4.43. The molecule has 0 aliphatic heterocycles. The molecule has 0 fully saturated rings. The maximum absolute atomic E-state index is 9.15. The number of anilines is 1. The van der Waals surface area contributed by atoms with Gasteiger partial charge in [0.25, 0.3) is 0 Å². The molecule has 0 aliphatic carbocycles. The first kappa shape index (κ1) is 13.5. The van der Waals surface area contributed by atoms with Gasteiger partial charge < -0.3 is 5.32 Å². The van der Waals surface area contributed by atoms with Crippen molar-refractivity contribution < 1.29 is 0 Å². The van der Waals surface area contributed by atoms with Gasteiger partial charge in [-0.2, -0.15) is 5.26 Å². The molecule has 0 aliphatic rings. The molecule has 2 aromatic carbocycles. The van der Waals surface area contributed by atoms with E-state index in [1.165, 1.54) is 5.56 Å². The van der Waals surface area contributed by atoms with Crippen molar-refractivity contribution in [2.75, 3.05) is 5.32 Å². The minimum atomic E-state index is 0.189. The minimum Gasteiger partial charge on any atom is -0.377 e. The van der Waals surface area contributed by atoms with E-state index < -0.39 is 0 Å². The summed E-state index contributed by atoms with van der Waals surface area (Å²) in [6.07, 6.45) is 0.942. The topological polar surface area (TPSA) is 35.8 Å². The van der Waals surface area contributed by atoms with Gasteiger partial charge in [0.2, 0.25) is 0 Å². The maximum atomic E-state index is 9.15. The minimum absolute atomic E-state index is 0.189. The Bertz CT molecular complexity index is 587. The van der Waals surface area contributed by atoms with Crippen molar-refractivity contribution in [2.24, 2.45) is 0 Å². The van der Waals surface area contributed by atoms with Gasteiger partial charge >= 0.3 is 0 Å². The van der Waals surface area contributed by atoms with E-state index in [9.17, 15) is 0 Å². The fraction of sp³-hybridized carbons (Fsp3) is 0.188. The molecule has 2 nitrogen and oxygen atoms in total. The fourth-order valence-corrected chi connectivity index (χ4v) is 2.20. The molecule has 0 amide bonds. The molecule has 96 valence electrons. The average Bonchev–Trinajstić information content (AvgIpc) is 2.46. The summed E-state index contributed by atoms with van der Waals surface area (Å²) in [6.45, 7) is 2.12. The van der Waals surface area contributed by atoms with E-state index in [2.05, 4.69) is 30.4 Å². The van der Waals surface area contributed by atoms with Crippen molar-refractivity contribution >= 4 is 17.3 Å². The summed E-state index contributed by atoms with van der Waals surface area (Å²) < 4.78 is 0. The van der Waals surface area contributed by atoms with E-state index >= 15 is 0 Å². The molecule has 2 aromatic rings. The smallest absolute Gasteiger partial charge is 0.101 e. The Morgan fingerprint density at radius 2 is 1.95 bits per heavy atom. The standard InChI is InChI=1S/C16H15ClN2/c1-2-15(12-6-4-3-5-7-12)19-16-9-8-14(17)10-13(16)11-18/h3-10,15,19H,2H2,1H3. The molecule has 0 aromatic heterocycles. The van der Waals surface area contributed by atoms with Gasteiger partial charge in [0, 0.05) is 5.02 Å². The number of nitrogens with one attached hydrogen (secondary N) is 1. The number of hydrogen-bond acceptors (Lipinski definition) is 2. The first-order valence-electron chi connectivity index (χ1n) is 6.25. The van der Waals surface area contributed by atoms with Crippen LogP contribution in [0.25, 0.3) is 0 Å². The molecule has 0 spiro atoms. The van der Waals surface area contributed by atoms with Crippen molar-refractivity contribution in [3.8, 4) is 6.07 Å². The lowest BCUT2D eigenvalue weighted by Gasteiger charge is -2.19. The van der Waals surface area contributed by atoms with Gasteiger partial charge in [0.05, 0.1) is 17.3 Å². The summed E-state index contributed by atoms with van der Waals surface area (Å²) in [5.41, 5.74) is 2.60. The molecule has 3 heteroatoms. The molecule has 1 N–H and O–H groups in total. The normalized spacial score (nSPS) is 11.6. The highest BCUT2D eigenvalue weighted by Gasteiger charge is 2.11. The number of benzene rings is 2. The van der Waals surface area contributed by atoms with Crippen molar-refractivity contribution in [2.45, 2.75) is 19.4 Å². The third kappa shape index (κ3) is 3.27. The van der Waals surface area contributed by atoms with Crippen molar-refractivity contribution in [1.82, 2.24) is 0 Å². The highest BCUT2D eigenvalue weighted by atomic mass is 35.5. The molecule has 0 saturated carbocycles. The van der Waals surface area contributed by atoms with E-state index in [1.807, 2.05) is 24.3 Å². The van der Waals surface area contributed by atoms with E-state index in [0.29, 0.717) is 10.6 Å². The second-order valence-electron chi connectivity index (χ2n) is 4.32. The molecule has 2 rings (SSSR count). The zero-order valence-electron chi connectivity index (χ0n) is 10.7. The second kappa shape index (κ2) is 6.26. The second-order valence-corrected chi connectivity index (χ2v) is 4.75. The summed E-state index contributed by atoms with van der Waals surface area (Å²) in [5.74, 6) is 0. The quantitative estimate of drug-likeness (QED) is 0.868. The van der Waals surface area contributed by atoms with Crippen LogP contribution in [0.5, 0.6) is 0 Å². The molecule has 1 atom stereocenters. The predicted molar refractivity (Wildman–Crippen MR) is 79.3 cm³/mol. The predicted octanol–water partition coefficient (Wildman–Crippen LogP) is 4.77. The average molecular weight is 271 g/mol. The Labute approximate surface area is 118 Å². The monoisotopic (exact) mass is 270 g/mol. The van der Waals surface area contributed by atoms with Crippen LogP contribution in [0, 0.1) is 11.3 Å². The Balaban J connectivity index is 2.27. The van der Waals surface area contributed by atoms with Gasteiger partial charge in [-0.1, -0.05) is 48.9 Å². The van der Waals surface area contributed by atoms with Crippen LogP contribution in [0.1, 0.15) is 30.5 Å². The summed E-state index contributed by atoms with van der Waals surface area (Å²) >= 11 is 5.90. The molecule has 1 unspecified atom stereocenters. The van der Waals surface area contributed by atoms with Crippen LogP contribution in [0.15, 0.2) is 48.5 Å². The summed E-state index contributed by atoms with van der Waals surface area (Å²) in [6, 6.07) is 17.9. The van der Waals surface area contributed by atoms with Crippen LogP contribution in [0.2, 0.25) is 5.02 Å². The fourth-order valence-electron chi connectivity index (χ4n) is 2.03. The lowest BCUT2D eigenvalue weighted by molar-refractivity contribution is 0.749. The Morgan fingerprint density at radius 1 is 1.21 bits per heavy atom. The number of hydrogen-bond donors (Lipinski definition) is 1. The van der Waals surface area contributed by atoms with E-state index in [0.717, 1.165) is 12.1 Å². The van der Waals surface area contributed by atoms with Gasteiger partial charge in [0.15, 0.2) is 0 Å². The van der Waals surface area contributed by atoms with Crippen LogP contribution >= 0.6 is 11.6 Å². The number of nitrogens with zero attached hydrogens (tertiary/aromatic N) is 1. The molecule has 0 radical (unpaired) electrons. The number of halogens is 1. The molecule has 0 bridgehead atoms. The SMILES string of the molecule is CCC(Nc1ccc(Cl)cc1C#N)c1ccccc1. The summed E-state index contributed by atoms with van der Waals surface area (Å²) in [4.78, 5) is 0. The third-order valence-corrected chi connectivity index (χ3v) is 3.28. The van der Waals surface area contributed by atoms with Crippen molar-refractivity contribution in [3.63, 3.8) is 0 Å². The Morgan fingerprint density at radius 3 is 2.58 bits per heavy atom. The highest BCUT2D eigenvalue weighted by Crippen LogP contribution is 2.26. The molecular weight excluding hydrogens is 256 g/mol. The molecule has 0 heterocycles. The van der Waals surface area contributed by atoms with Gasteiger partial charge in [-0.15, -0.1) is 0 Å². The van der Waals surface area contributed by atoms with Crippen molar-refractivity contribution in [3.05, 3.63) is 64.7 Å². The highest BCUT2D eigenvalue weighted by molar-refractivity contribution is 6.30. The lowest BCUT2D eigenvalue weighted by Crippen LogP contribution is -2.10. The van der Waals surface area contributed by atoms with Crippen LogP contribution in [0.4, 0.5) is 5.69 Å². The van der Waals surface area contributed by atoms with E-state index in [4.69, 9.17) is 16.9 Å². The number of rotatable bonds is 4. The van der Waals surface area contributed by atoms with Gasteiger partial charge in [-0.25, -0.2) is 0 Å². The third-order valence-electron chi connectivity index (χ3n) is 3.04. The molecular formula is C16H15ClN2. The van der Waals surface area contributed by atoms with E-state index in [-0.39, 0.29) is 6.04 Å². The maximum Gasteiger partial charge on any atom is 0.101 e. The molecule has 0 saturated heterocycles. The van der Waals surface area contributed by atoms with Crippen LogP contribution in [0.3, 0.4) is 0 Å². The van der Waals surface area contributed by atoms with Crippen molar-refractivity contribution in [1.29, 1.82) is 5.26 Å². The number of nitriles is 1. The van der Waals surface area contributed by atoms with E-state index in [1.54, 1.807) is 12.1 Å². The zero-order valence-corrected chi connectivity index (χ0v) is 11.5. The van der Waals surface area contributed by atoms with Gasteiger partial charge in [-0.05, 0) is 30.2 Å². The van der Waals surface area contributed by atoms with Crippen LogP contribution < -0.4 is 5.32 Å². The first-order valence-corrected chi connectivity index (χ1v) is 6.63. The lowest BCUT2D eigenvalue weighted by atomic mass is 10.0. The largest absolute Gasteiger partial charge is 0.377 e. The van der Waals surface area contributed by atoms with Gasteiger partial charge in [-0.3, -0.25) is 0 Å². The van der Waals surface area contributed by atoms with Crippen LogP contribution in [-0.2, 0) is 0 Å². The van der Waals surface area contributed by atoms with Gasteiger partial charge in [0.1, 0.15) is 6.07 Å². The Hall–Kier alpha value is -1.98. The molecule has 19 heavy (non-hydrogen) atoms. The zero-order chi connectivity index (χ0) is 13.7. The first-order chi connectivity index (χ1) is 9.24. The summed E-state index contributed by atoms with van der Waals surface area (Å²) in [7, 11) is 0.